The predicted molar refractivity (Wildman–Crippen MR) is 117 cm³/mol. The van der Waals surface area contributed by atoms with Crippen molar-refractivity contribution < 1.29 is 19.4 Å². The Morgan fingerprint density at radius 2 is 1.81 bits per heavy atom. The summed E-state index contributed by atoms with van der Waals surface area (Å²) in [6.07, 6.45) is 3.85. The highest BCUT2D eigenvalue weighted by Crippen LogP contribution is 2.51. The van der Waals surface area contributed by atoms with Crippen molar-refractivity contribution in [2.75, 3.05) is 6.79 Å². The Morgan fingerprint density at radius 3 is 2.58 bits per heavy atom. The van der Waals surface area contributed by atoms with E-state index < -0.39 is 5.41 Å². The van der Waals surface area contributed by atoms with Crippen LogP contribution in [0.15, 0.2) is 48.7 Å². The first-order valence-corrected chi connectivity index (χ1v) is 10.6. The van der Waals surface area contributed by atoms with Gasteiger partial charge in [0.1, 0.15) is 5.78 Å². The second-order valence-electron chi connectivity index (χ2n) is 8.43. The van der Waals surface area contributed by atoms with Crippen molar-refractivity contribution in [1.82, 2.24) is 4.98 Å². The molecule has 0 bridgehead atoms. The molecule has 2 heterocycles. The molecule has 1 aromatic heterocycles. The zero-order chi connectivity index (χ0) is 21.6. The van der Waals surface area contributed by atoms with Crippen LogP contribution in [-0.2, 0) is 23.2 Å². The van der Waals surface area contributed by atoms with Crippen molar-refractivity contribution in [3.63, 3.8) is 0 Å². The third kappa shape index (κ3) is 3.29. The van der Waals surface area contributed by atoms with Gasteiger partial charge in [0.15, 0.2) is 11.5 Å². The molecule has 1 aliphatic carbocycles. The Balaban J connectivity index is 1.43. The molecule has 0 saturated heterocycles. The highest BCUT2D eigenvalue weighted by molar-refractivity contribution is 5.95. The molecule has 1 saturated carbocycles. The Bertz CT molecular complexity index is 1180. The summed E-state index contributed by atoms with van der Waals surface area (Å²) in [6, 6.07) is 13.6. The van der Waals surface area contributed by atoms with Crippen molar-refractivity contribution in [3.05, 3.63) is 76.6 Å². The molecule has 5 rings (SSSR count). The Hall–Kier alpha value is -3.18. The second-order valence-corrected chi connectivity index (χ2v) is 8.43. The maximum absolute atomic E-state index is 13.4. The monoisotopic (exact) mass is 415 g/mol. The highest BCUT2D eigenvalue weighted by Gasteiger charge is 2.51. The van der Waals surface area contributed by atoms with Gasteiger partial charge in [-0.15, -0.1) is 0 Å². The molecular weight excluding hydrogens is 390 g/mol. The summed E-state index contributed by atoms with van der Waals surface area (Å²) >= 11 is 0. The highest BCUT2D eigenvalue weighted by atomic mass is 16.7. The number of benzene rings is 2. The largest absolute Gasteiger partial charge is 0.454 e. The van der Waals surface area contributed by atoms with Crippen LogP contribution in [0, 0.1) is 13.8 Å². The van der Waals surface area contributed by atoms with Gasteiger partial charge < -0.3 is 14.6 Å². The summed E-state index contributed by atoms with van der Waals surface area (Å²) < 4.78 is 10.9. The van der Waals surface area contributed by atoms with E-state index in [9.17, 15) is 9.90 Å². The van der Waals surface area contributed by atoms with Gasteiger partial charge in [-0.2, -0.15) is 0 Å². The van der Waals surface area contributed by atoms with E-state index in [-0.39, 0.29) is 19.2 Å². The molecule has 31 heavy (non-hydrogen) atoms. The number of ether oxygens (including phenoxy) is 2. The Kier molecular flexibility index (Phi) is 4.78. The minimum atomic E-state index is -0.439. The van der Waals surface area contributed by atoms with Crippen LogP contribution in [0.3, 0.4) is 0 Å². The lowest BCUT2D eigenvalue weighted by atomic mass is 9.87. The first kappa shape index (κ1) is 19.8. The molecule has 0 spiro atoms. The zero-order valence-corrected chi connectivity index (χ0v) is 17.8. The number of hydrogen-bond acceptors (Lipinski definition) is 5. The smallest absolute Gasteiger partial charge is 0.231 e. The summed E-state index contributed by atoms with van der Waals surface area (Å²) in [5.74, 6) is 1.65. The lowest BCUT2D eigenvalue weighted by Crippen LogP contribution is -2.23. The number of hydrogen-bond donors (Lipinski definition) is 1. The number of aromatic nitrogens is 1. The molecular formula is C26H25NO4. The summed E-state index contributed by atoms with van der Waals surface area (Å²) in [5.41, 5.74) is 6.35. The Labute approximate surface area is 181 Å². The molecule has 0 radical (unpaired) electrons. The van der Waals surface area contributed by atoms with E-state index in [0.717, 1.165) is 57.7 Å². The van der Waals surface area contributed by atoms with Gasteiger partial charge in [-0.1, -0.05) is 30.3 Å². The first-order valence-electron chi connectivity index (χ1n) is 10.6. The number of carbonyl (C=O) groups is 1. The average Bonchev–Trinajstić information content (AvgIpc) is 3.48. The lowest BCUT2D eigenvalue weighted by molar-refractivity contribution is -0.120. The number of aliphatic hydroxyl groups excluding tert-OH is 1. The van der Waals surface area contributed by atoms with Crippen LogP contribution in [-0.4, -0.2) is 22.7 Å². The number of aliphatic hydroxyl groups is 1. The van der Waals surface area contributed by atoms with Gasteiger partial charge in [0.25, 0.3) is 0 Å². The van der Waals surface area contributed by atoms with Crippen LogP contribution in [0.25, 0.3) is 11.1 Å². The van der Waals surface area contributed by atoms with E-state index in [4.69, 9.17) is 9.47 Å². The molecule has 2 aromatic carbocycles. The third-order valence-electron chi connectivity index (χ3n) is 6.76. The molecule has 0 amide bonds. The van der Waals surface area contributed by atoms with Gasteiger partial charge in [0, 0.05) is 18.2 Å². The predicted octanol–water partition coefficient (Wildman–Crippen LogP) is 4.43. The number of pyridine rings is 1. The molecule has 0 unspecified atom stereocenters. The van der Waals surface area contributed by atoms with Crippen LogP contribution in [0.4, 0.5) is 0 Å². The van der Waals surface area contributed by atoms with E-state index >= 15 is 0 Å². The quantitative estimate of drug-likeness (QED) is 0.645. The average molecular weight is 415 g/mol. The maximum Gasteiger partial charge on any atom is 0.231 e. The van der Waals surface area contributed by atoms with Crippen LogP contribution >= 0.6 is 0 Å². The summed E-state index contributed by atoms with van der Waals surface area (Å²) in [7, 11) is 0. The standard InChI is InChI=1S/C26H25NO4/c1-16-17(2)22(27-13-21(16)20-6-4-3-5-18(20)14-28)12-25(29)26(9-10-26)19-7-8-23-24(11-19)31-15-30-23/h3-8,11,13,28H,9-10,12,14-15H2,1-2H3. The molecule has 1 N–H and O–H groups in total. The van der Waals surface area contributed by atoms with Crippen LogP contribution in [0.2, 0.25) is 0 Å². The maximum atomic E-state index is 13.4. The van der Waals surface area contributed by atoms with Crippen molar-refractivity contribution in [2.24, 2.45) is 0 Å². The molecule has 5 nitrogen and oxygen atoms in total. The van der Waals surface area contributed by atoms with E-state index in [1.54, 1.807) is 0 Å². The molecule has 1 aliphatic heterocycles. The number of carbonyl (C=O) groups excluding carboxylic acids is 1. The fourth-order valence-electron chi connectivity index (χ4n) is 4.49. The summed E-state index contributed by atoms with van der Waals surface area (Å²) in [6.45, 7) is 4.29. The lowest BCUT2D eigenvalue weighted by Gasteiger charge is -2.18. The SMILES string of the molecule is Cc1c(-c2ccccc2CO)cnc(CC(=O)C2(c3ccc4c(c3)OCO4)CC2)c1C. The number of ketones is 1. The second kappa shape index (κ2) is 7.50. The van der Waals surface area contributed by atoms with Crippen molar-refractivity contribution in [2.45, 2.75) is 45.1 Å². The van der Waals surface area contributed by atoms with E-state index in [1.807, 2.05) is 55.6 Å². The fraction of sp³-hybridized carbons (Fsp3) is 0.308. The van der Waals surface area contributed by atoms with E-state index in [0.29, 0.717) is 12.2 Å². The molecule has 5 heteroatoms. The van der Waals surface area contributed by atoms with Gasteiger partial charge >= 0.3 is 0 Å². The topological polar surface area (TPSA) is 68.7 Å². The minimum Gasteiger partial charge on any atom is -0.454 e. The number of Topliss-reactive ketones (excluding diaryl/α,β-unsaturated/α-hetero) is 1. The summed E-state index contributed by atoms with van der Waals surface area (Å²) in [4.78, 5) is 18.0. The van der Waals surface area contributed by atoms with Gasteiger partial charge in [-0.3, -0.25) is 9.78 Å². The van der Waals surface area contributed by atoms with Crippen molar-refractivity contribution in [3.8, 4) is 22.6 Å². The number of fused-ring (bicyclic) bond motifs is 1. The van der Waals surface area contributed by atoms with Gasteiger partial charge in [-0.25, -0.2) is 0 Å². The number of rotatable bonds is 6. The van der Waals surface area contributed by atoms with Gasteiger partial charge in [0.2, 0.25) is 6.79 Å². The summed E-state index contributed by atoms with van der Waals surface area (Å²) in [5, 5.41) is 9.69. The van der Waals surface area contributed by atoms with Gasteiger partial charge in [-0.05, 0) is 66.6 Å². The van der Waals surface area contributed by atoms with Crippen molar-refractivity contribution >= 4 is 5.78 Å². The zero-order valence-electron chi connectivity index (χ0n) is 17.8. The molecule has 2 aliphatic rings. The van der Waals surface area contributed by atoms with Crippen LogP contribution < -0.4 is 9.47 Å². The first-order chi connectivity index (χ1) is 15.0. The molecule has 0 atom stereocenters. The van der Waals surface area contributed by atoms with E-state index in [2.05, 4.69) is 11.9 Å². The van der Waals surface area contributed by atoms with Gasteiger partial charge in [0.05, 0.1) is 17.7 Å². The van der Waals surface area contributed by atoms with Crippen LogP contribution in [0.1, 0.15) is 40.8 Å². The molecule has 158 valence electrons. The molecule has 3 aromatic rings. The van der Waals surface area contributed by atoms with E-state index in [1.165, 1.54) is 0 Å². The fourth-order valence-corrected chi connectivity index (χ4v) is 4.49. The normalized spacial score (nSPS) is 15.7. The third-order valence-corrected chi connectivity index (χ3v) is 6.76. The number of nitrogens with zero attached hydrogens (tertiary/aromatic N) is 1. The van der Waals surface area contributed by atoms with Crippen molar-refractivity contribution in [1.29, 1.82) is 0 Å². The molecule has 1 fully saturated rings. The van der Waals surface area contributed by atoms with Crippen LogP contribution in [0.5, 0.6) is 11.5 Å². The minimum absolute atomic E-state index is 0.0209. The Morgan fingerprint density at radius 1 is 1.03 bits per heavy atom.